The van der Waals surface area contributed by atoms with Crippen molar-refractivity contribution in [3.05, 3.63) is 91.3 Å². The molecule has 0 N–H and O–H groups in total. The predicted octanol–water partition coefficient (Wildman–Crippen LogP) is 4.57. The maximum atomic E-state index is 6.16. The summed E-state index contributed by atoms with van der Waals surface area (Å²) in [7, 11) is 0. The third-order valence-corrected chi connectivity index (χ3v) is 5.00. The highest BCUT2D eigenvalue weighted by Gasteiger charge is 2.24. The summed E-state index contributed by atoms with van der Waals surface area (Å²) in [6.07, 6.45) is 5.06. The number of hydrogen-bond donors (Lipinski definition) is 0. The van der Waals surface area contributed by atoms with Crippen LogP contribution in [0.15, 0.2) is 89.9 Å². The van der Waals surface area contributed by atoms with Crippen LogP contribution in [0.1, 0.15) is 5.82 Å². The Labute approximate surface area is 182 Å². The Hall–Kier alpha value is -4.59. The fourth-order valence-corrected chi connectivity index (χ4v) is 3.60. The molecule has 8 heteroatoms. The highest BCUT2D eigenvalue weighted by atomic mass is 16.5. The molecule has 0 fully saturated rings. The molecule has 0 aliphatic rings. The van der Waals surface area contributed by atoms with E-state index in [1.807, 2.05) is 66.7 Å². The maximum absolute atomic E-state index is 6.16. The van der Waals surface area contributed by atoms with Crippen LogP contribution < -0.4 is 4.74 Å². The van der Waals surface area contributed by atoms with Gasteiger partial charge in [0.1, 0.15) is 24.4 Å². The molecule has 0 amide bonds. The highest BCUT2D eigenvalue weighted by Crippen LogP contribution is 2.39. The van der Waals surface area contributed by atoms with Gasteiger partial charge in [-0.2, -0.15) is 0 Å². The minimum atomic E-state index is 0.233. The van der Waals surface area contributed by atoms with Crippen LogP contribution in [-0.4, -0.2) is 29.5 Å². The second kappa shape index (κ2) is 7.59. The molecule has 8 nitrogen and oxygen atoms in total. The molecule has 0 aliphatic heterocycles. The van der Waals surface area contributed by atoms with Crippen molar-refractivity contribution >= 4 is 16.7 Å². The number of fused-ring (bicyclic) bond motifs is 3. The van der Waals surface area contributed by atoms with E-state index in [9.17, 15) is 0 Å². The fourth-order valence-electron chi connectivity index (χ4n) is 3.60. The molecular formula is C24H16N6O2. The van der Waals surface area contributed by atoms with Gasteiger partial charge in [0, 0.05) is 12.4 Å². The van der Waals surface area contributed by atoms with Gasteiger partial charge in [-0.05, 0) is 36.4 Å². The molecule has 6 rings (SSSR count). The van der Waals surface area contributed by atoms with Crippen molar-refractivity contribution in [2.24, 2.45) is 0 Å². The van der Waals surface area contributed by atoms with Crippen LogP contribution in [0.3, 0.4) is 0 Å². The Kier molecular flexibility index (Phi) is 4.31. The van der Waals surface area contributed by atoms with E-state index in [1.165, 1.54) is 0 Å². The SMILES string of the molecule is c1ccc(OCc2nc3c4c(-c5ccccn5)c(-c5ccccn5)oc4ncn3n2)cc1. The van der Waals surface area contributed by atoms with Crippen LogP contribution in [0.25, 0.3) is 39.5 Å². The predicted molar refractivity (Wildman–Crippen MR) is 118 cm³/mol. The van der Waals surface area contributed by atoms with Crippen LogP contribution in [0.2, 0.25) is 0 Å². The van der Waals surface area contributed by atoms with Gasteiger partial charge in [0.25, 0.3) is 0 Å². The summed E-state index contributed by atoms with van der Waals surface area (Å²) < 4.78 is 13.6. The molecule has 0 bridgehead atoms. The number of ether oxygens (including phenoxy) is 1. The van der Waals surface area contributed by atoms with Gasteiger partial charge in [0.2, 0.25) is 5.71 Å². The molecule has 0 spiro atoms. The molecule has 0 radical (unpaired) electrons. The van der Waals surface area contributed by atoms with E-state index in [1.54, 1.807) is 23.2 Å². The van der Waals surface area contributed by atoms with Gasteiger partial charge >= 0.3 is 0 Å². The topological polar surface area (TPSA) is 91.2 Å². The zero-order valence-corrected chi connectivity index (χ0v) is 16.8. The molecule has 6 aromatic rings. The summed E-state index contributed by atoms with van der Waals surface area (Å²) in [5, 5.41) is 5.26. The summed E-state index contributed by atoms with van der Waals surface area (Å²) in [6, 6.07) is 21.0. The van der Waals surface area contributed by atoms with Crippen molar-refractivity contribution in [2.75, 3.05) is 0 Å². The van der Waals surface area contributed by atoms with E-state index in [0.717, 1.165) is 22.4 Å². The molecular weight excluding hydrogens is 404 g/mol. The van der Waals surface area contributed by atoms with E-state index < -0.39 is 0 Å². The average Bonchev–Trinajstić information content (AvgIpc) is 3.46. The van der Waals surface area contributed by atoms with Gasteiger partial charge < -0.3 is 9.15 Å². The van der Waals surface area contributed by atoms with Crippen molar-refractivity contribution in [2.45, 2.75) is 6.61 Å². The molecule has 1 aromatic carbocycles. The molecule has 0 unspecified atom stereocenters. The second-order valence-electron chi connectivity index (χ2n) is 7.06. The zero-order chi connectivity index (χ0) is 21.3. The smallest absolute Gasteiger partial charge is 0.232 e. The lowest BCUT2D eigenvalue weighted by molar-refractivity contribution is 0.296. The number of rotatable bonds is 5. The Bertz CT molecular complexity index is 1510. The fraction of sp³-hybridized carbons (Fsp3) is 0.0417. The van der Waals surface area contributed by atoms with Crippen molar-refractivity contribution < 1.29 is 9.15 Å². The first-order chi connectivity index (χ1) is 15.9. The summed E-state index contributed by atoms with van der Waals surface area (Å²) >= 11 is 0. The summed E-state index contributed by atoms with van der Waals surface area (Å²) in [6.45, 7) is 0.233. The first-order valence-corrected chi connectivity index (χ1v) is 10.0. The van der Waals surface area contributed by atoms with E-state index in [0.29, 0.717) is 28.6 Å². The van der Waals surface area contributed by atoms with Crippen LogP contribution >= 0.6 is 0 Å². The summed E-state index contributed by atoms with van der Waals surface area (Å²) in [4.78, 5) is 18.2. The first-order valence-electron chi connectivity index (χ1n) is 10.0. The standard InChI is InChI=1S/C24H16N6O2/c1-2-8-16(9-3-1)31-14-19-28-23-21-20(17-10-4-6-12-25-17)22(18-11-5-7-13-26-18)32-24(21)27-15-30(23)29-19/h1-13,15H,14H2. The zero-order valence-electron chi connectivity index (χ0n) is 16.8. The molecule has 32 heavy (non-hydrogen) atoms. The van der Waals surface area contributed by atoms with Gasteiger partial charge in [-0.25, -0.2) is 14.5 Å². The first kappa shape index (κ1) is 18.2. The lowest BCUT2D eigenvalue weighted by Gasteiger charge is -2.02. The van der Waals surface area contributed by atoms with Crippen LogP contribution in [0, 0.1) is 0 Å². The molecule has 5 aromatic heterocycles. The number of para-hydroxylation sites is 1. The number of benzene rings is 1. The number of hydrogen-bond acceptors (Lipinski definition) is 7. The van der Waals surface area contributed by atoms with Crippen molar-refractivity contribution in [1.82, 2.24) is 29.5 Å². The lowest BCUT2D eigenvalue weighted by atomic mass is 10.1. The van der Waals surface area contributed by atoms with E-state index in [4.69, 9.17) is 14.1 Å². The van der Waals surface area contributed by atoms with Gasteiger partial charge in [-0.1, -0.05) is 30.3 Å². The Morgan fingerprint density at radius 3 is 2.31 bits per heavy atom. The Morgan fingerprint density at radius 1 is 0.812 bits per heavy atom. The second-order valence-corrected chi connectivity index (χ2v) is 7.06. The van der Waals surface area contributed by atoms with Crippen LogP contribution in [-0.2, 0) is 6.61 Å². The normalized spacial score (nSPS) is 11.2. The molecule has 0 saturated carbocycles. The number of aromatic nitrogens is 6. The lowest BCUT2D eigenvalue weighted by Crippen LogP contribution is -1.97. The summed E-state index contributed by atoms with van der Waals surface area (Å²) in [5.74, 6) is 1.88. The van der Waals surface area contributed by atoms with Gasteiger partial charge in [-0.3, -0.25) is 9.97 Å². The van der Waals surface area contributed by atoms with E-state index >= 15 is 0 Å². The third kappa shape index (κ3) is 3.14. The minimum absolute atomic E-state index is 0.233. The molecule has 154 valence electrons. The largest absolute Gasteiger partial charge is 0.486 e. The van der Waals surface area contributed by atoms with E-state index in [-0.39, 0.29) is 6.61 Å². The minimum Gasteiger partial charge on any atom is -0.486 e. The van der Waals surface area contributed by atoms with Crippen LogP contribution in [0.4, 0.5) is 0 Å². The van der Waals surface area contributed by atoms with Gasteiger partial charge in [0.15, 0.2) is 17.2 Å². The number of pyridine rings is 2. The third-order valence-electron chi connectivity index (χ3n) is 5.00. The quantitative estimate of drug-likeness (QED) is 0.403. The average molecular weight is 420 g/mol. The molecule has 0 saturated heterocycles. The molecule has 5 heterocycles. The maximum Gasteiger partial charge on any atom is 0.232 e. The van der Waals surface area contributed by atoms with E-state index in [2.05, 4.69) is 20.1 Å². The van der Waals surface area contributed by atoms with Crippen molar-refractivity contribution in [3.8, 4) is 28.5 Å². The highest BCUT2D eigenvalue weighted by molar-refractivity contribution is 6.06. The number of furan rings is 1. The number of nitrogens with zero attached hydrogens (tertiary/aromatic N) is 6. The van der Waals surface area contributed by atoms with Crippen molar-refractivity contribution in [1.29, 1.82) is 0 Å². The Balaban J connectivity index is 1.53. The monoisotopic (exact) mass is 420 g/mol. The summed E-state index contributed by atoms with van der Waals surface area (Å²) in [5.41, 5.74) is 3.28. The van der Waals surface area contributed by atoms with Gasteiger partial charge in [0.05, 0.1) is 16.6 Å². The molecule has 0 atom stereocenters. The van der Waals surface area contributed by atoms with Gasteiger partial charge in [-0.15, -0.1) is 5.10 Å². The van der Waals surface area contributed by atoms with Crippen molar-refractivity contribution in [3.63, 3.8) is 0 Å². The molecule has 0 aliphatic carbocycles. The Morgan fingerprint density at radius 2 is 1.56 bits per heavy atom. The van der Waals surface area contributed by atoms with Crippen LogP contribution in [0.5, 0.6) is 5.75 Å².